The number of fused-ring (bicyclic) bond motifs is 2. The van der Waals surface area contributed by atoms with Crippen molar-refractivity contribution in [2.45, 2.75) is 53.4 Å². The number of aromatic nitrogens is 2. The van der Waals surface area contributed by atoms with Crippen molar-refractivity contribution >= 4 is 96.9 Å². The molecule has 0 aliphatic carbocycles. The van der Waals surface area contributed by atoms with Gasteiger partial charge in [-0.3, -0.25) is 19.2 Å². The number of H-pyrrole nitrogens is 2. The van der Waals surface area contributed by atoms with Crippen molar-refractivity contribution in [3.05, 3.63) is 101 Å². The minimum Gasteiger partial charge on any atom is -0.481 e. The largest absolute Gasteiger partial charge is 0.481 e. The Bertz CT molecular complexity index is 1910. The Labute approximate surface area is 299 Å². The van der Waals surface area contributed by atoms with Crippen molar-refractivity contribution in [2.75, 3.05) is 10.6 Å². The number of carboxylic acid groups (broad SMARTS) is 2. The molecule has 0 atom stereocenters. The first-order valence-electron chi connectivity index (χ1n) is 15.2. The Balaban J connectivity index is 0.000000188. The van der Waals surface area contributed by atoms with Gasteiger partial charge in [-0.15, -0.1) is 0 Å². The summed E-state index contributed by atoms with van der Waals surface area (Å²) < 4.78 is 1.97. The van der Waals surface area contributed by atoms with Crippen LogP contribution in [-0.4, -0.2) is 43.9 Å². The molecule has 0 unspecified atom stereocenters. The van der Waals surface area contributed by atoms with E-state index in [1.165, 1.54) is 0 Å². The number of nitrogens with one attached hydrogen (secondary N) is 4. The van der Waals surface area contributed by atoms with Gasteiger partial charge in [-0.05, 0) is 134 Å². The maximum Gasteiger partial charge on any atom is 0.303 e. The highest BCUT2D eigenvalue weighted by Gasteiger charge is 2.26. The van der Waals surface area contributed by atoms with Gasteiger partial charge in [0.15, 0.2) is 0 Å². The van der Waals surface area contributed by atoms with E-state index >= 15 is 0 Å². The van der Waals surface area contributed by atoms with E-state index in [4.69, 9.17) is 10.2 Å². The maximum atomic E-state index is 12.3. The van der Waals surface area contributed by atoms with E-state index in [0.29, 0.717) is 24.0 Å². The predicted molar refractivity (Wildman–Crippen MR) is 199 cm³/mol. The van der Waals surface area contributed by atoms with E-state index in [0.717, 1.165) is 75.6 Å². The number of carbonyl (C=O) groups is 4. The van der Waals surface area contributed by atoms with Gasteiger partial charge in [0, 0.05) is 66.2 Å². The van der Waals surface area contributed by atoms with E-state index in [2.05, 4.69) is 59.1 Å². The van der Waals surface area contributed by atoms with Crippen LogP contribution in [0.2, 0.25) is 0 Å². The number of rotatable bonds is 8. The van der Waals surface area contributed by atoms with E-state index in [-0.39, 0.29) is 24.7 Å². The maximum absolute atomic E-state index is 12.3. The molecule has 2 aliphatic heterocycles. The topological polar surface area (TPSA) is 164 Å². The number of aromatic amines is 2. The molecule has 2 aromatic heterocycles. The predicted octanol–water partition coefficient (Wildman–Crippen LogP) is 7.65. The number of hydrogen-bond acceptors (Lipinski definition) is 4. The lowest BCUT2D eigenvalue weighted by Gasteiger charge is -2.01. The Morgan fingerprint density at radius 1 is 0.729 bits per heavy atom. The summed E-state index contributed by atoms with van der Waals surface area (Å²) in [5.74, 6) is -1.88. The first-order valence-corrected chi connectivity index (χ1v) is 17.1. The molecule has 4 heterocycles. The highest BCUT2D eigenvalue weighted by atomic mass is 127. The number of carboxylic acids is 2. The molecule has 6 N–H and O–H groups in total. The number of hydrogen-bond donors (Lipinski definition) is 6. The highest BCUT2D eigenvalue weighted by molar-refractivity contribution is 14.1. The Morgan fingerprint density at radius 2 is 1.17 bits per heavy atom. The zero-order chi connectivity index (χ0) is 34.9. The van der Waals surface area contributed by atoms with Gasteiger partial charge in [0.05, 0.1) is 11.1 Å². The van der Waals surface area contributed by atoms with Crippen LogP contribution in [0.5, 0.6) is 0 Å². The van der Waals surface area contributed by atoms with Crippen molar-refractivity contribution < 1.29 is 29.4 Å². The molecule has 0 bridgehead atoms. The molecule has 48 heavy (non-hydrogen) atoms. The van der Waals surface area contributed by atoms with Crippen LogP contribution in [0.3, 0.4) is 0 Å². The van der Waals surface area contributed by atoms with Gasteiger partial charge < -0.3 is 30.8 Å². The summed E-state index contributed by atoms with van der Waals surface area (Å²) in [6.07, 6.45) is 4.82. The summed E-state index contributed by atoms with van der Waals surface area (Å²) in [6.45, 7) is 7.75. The standard InChI is InChI=1S/C18H17BrN2O3.C18H17IN2O3/c2*1-9-12(4-6-17(22)23)10(2)20-16(9)8-14-13-7-11(19)3-5-15(13)21-18(14)24/h2*3,5,7-8,20H,4,6H2,1-2H3,(H,21,24)(H,22,23). The molecule has 0 spiro atoms. The highest BCUT2D eigenvalue weighted by Crippen LogP contribution is 2.37. The van der Waals surface area contributed by atoms with Crippen LogP contribution in [0.25, 0.3) is 23.3 Å². The van der Waals surface area contributed by atoms with E-state index in [9.17, 15) is 19.2 Å². The summed E-state index contributed by atoms with van der Waals surface area (Å²) >= 11 is 5.66. The molecule has 0 saturated carbocycles. The van der Waals surface area contributed by atoms with E-state index < -0.39 is 11.9 Å². The number of anilines is 2. The second kappa shape index (κ2) is 14.4. The summed E-state index contributed by atoms with van der Waals surface area (Å²) in [5, 5.41) is 23.5. The van der Waals surface area contributed by atoms with Gasteiger partial charge in [0.25, 0.3) is 11.8 Å². The molecule has 2 amide bonds. The van der Waals surface area contributed by atoms with Gasteiger partial charge in [-0.25, -0.2) is 0 Å². The number of carbonyl (C=O) groups excluding carboxylic acids is 2. The van der Waals surface area contributed by atoms with Crippen LogP contribution in [-0.2, 0) is 32.0 Å². The average Bonchev–Trinajstić information content (AvgIpc) is 3.67. The number of benzene rings is 2. The summed E-state index contributed by atoms with van der Waals surface area (Å²) in [7, 11) is 0. The Kier molecular flexibility index (Phi) is 10.4. The van der Waals surface area contributed by atoms with Crippen molar-refractivity contribution in [3.63, 3.8) is 0 Å². The van der Waals surface area contributed by atoms with Gasteiger partial charge in [0.2, 0.25) is 0 Å². The number of aryl methyl sites for hydroxylation is 2. The van der Waals surface area contributed by atoms with E-state index in [1.54, 1.807) is 0 Å². The number of halogens is 2. The quantitative estimate of drug-likeness (QED) is 0.0790. The Morgan fingerprint density at radius 3 is 1.62 bits per heavy atom. The van der Waals surface area contributed by atoms with Crippen LogP contribution in [0.4, 0.5) is 11.4 Å². The van der Waals surface area contributed by atoms with Crippen molar-refractivity contribution in [3.8, 4) is 0 Å². The summed E-state index contributed by atoms with van der Waals surface area (Å²) in [5.41, 5.74) is 12.1. The van der Waals surface area contributed by atoms with Crippen LogP contribution < -0.4 is 10.6 Å². The summed E-state index contributed by atoms with van der Waals surface area (Å²) in [6, 6.07) is 11.5. The molecular weight excluding hydrogens is 791 g/mol. The third-order valence-electron chi connectivity index (χ3n) is 8.55. The normalized spacial score (nSPS) is 14.8. The van der Waals surface area contributed by atoms with E-state index in [1.807, 2.05) is 76.2 Å². The van der Waals surface area contributed by atoms with Gasteiger partial charge >= 0.3 is 11.9 Å². The lowest BCUT2D eigenvalue weighted by atomic mass is 10.0. The second-order valence-electron chi connectivity index (χ2n) is 11.7. The molecule has 248 valence electrons. The monoisotopic (exact) mass is 824 g/mol. The molecule has 6 rings (SSSR count). The fourth-order valence-corrected chi connectivity index (χ4v) is 6.88. The average molecular weight is 825 g/mol. The van der Waals surface area contributed by atoms with Gasteiger partial charge in [-0.2, -0.15) is 0 Å². The third kappa shape index (κ3) is 7.49. The minimum absolute atomic E-state index is 0.0891. The first kappa shape index (κ1) is 34.9. The van der Waals surface area contributed by atoms with Crippen LogP contribution in [0, 0.1) is 31.3 Å². The SMILES string of the molecule is Cc1[nH]c(C=C2C(=O)Nc3ccc(Br)cc32)c(C)c1CCC(=O)O.Cc1[nH]c(C=C2C(=O)Nc3ccc(I)cc32)c(C)c1CCC(=O)O. The zero-order valence-electron chi connectivity index (χ0n) is 26.7. The molecule has 0 radical (unpaired) electrons. The minimum atomic E-state index is -0.816. The third-order valence-corrected chi connectivity index (χ3v) is 9.71. The van der Waals surface area contributed by atoms with Crippen LogP contribution in [0.15, 0.2) is 40.9 Å². The van der Waals surface area contributed by atoms with Gasteiger partial charge in [-0.1, -0.05) is 15.9 Å². The number of amides is 2. The second-order valence-corrected chi connectivity index (χ2v) is 13.9. The lowest BCUT2D eigenvalue weighted by molar-refractivity contribution is -0.138. The fourth-order valence-electron chi connectivity index (χ4n) is 6.03. The molecule has 0 saturated heterocycles. The smallest absolute Gasteiger partial charge is 0.303 e. The Hall–Kier alpha value is -4.43. The van der Waals surface area contributed by atoms with Gasteiger partial charge in [0.1, 0.15) is 0 Å². The lowest BCUT2D eigenvalue weighted by Crippen LogP contribution is -2.03. The zero-order valence-corrected chi connectivity index (χ0v) is 30.5. The molecule has 0 fully saturated rings. The molecule has 4 aromatic rings. The van der Waals surface area contributed by atoms with Crippen LogP contribution >= 0.6 is 38.5 Å². The fraction of sp³-hybridized carbons (Fsp3) is 0.222. The molecule has 12 heteroatoms. The molecule has 10 nitrogen and oxygen atoms in total. The van der Waals surface area contributed by atoms with Crippen molar-refractivity contribution in [2.24, 2.45) is 0 Å². The molecule has 2 aliphatic rings. The summed E-state index contributed by atoms with van der Waals surface area (Å²) in [4.78, 5) is 52.7. The van der Waals surface area contributed by atoms with Crippen LogP contribution in [0.1, 0.15) is 69.0 Å². The van der Waals surface area contributed by atoms with Crippen molar-refractivity contribution in [1.29, 1.82) is 0 Å². The van der Waals surface area contributed by atoms with Crippen molar-refractivity contribution in [1.82, 2.24) is 9.97 Å². The number of aliphatic carboxylic acids is 2. The molecular formula is C36H34BrIN4O6. The first-order chi connectivity index (χ1) is 22.7. The molecule has 2 aromatic carbocycles.